The van der Waals surface area contributed by atoms with Crippen LogP contribution in [0.3, 0.4) is 0 Å². The van der Waals surface area contributed by atoms with Crippen LogP contribution in [0.4, 0.5) is 5.69 Å². The molecule has 0 saturated heterocycles. The Labute approximate surface area is 61.4 Å². The monoisotopic (exact) mass is 134 g/mol. The van der Waals surface area contributed by atoms with Crippen LogP contribution in [0, 0.1) is 0 Å². The molecule has 1 aromatic carbocycles. The normalized spacial score (nSPS) is 8.80. The first-order valence-electron chi connectivity index (χ1n) is 3.27. The fraction of sp³-hybridized carbons (Fsp3) is 0.111. The predicted molar refractivity (Wildman–Crippen MR) is 43.3 cm³/mol. The minimum absolute atomic E-state index is 0.698. The molecule has 1 rings (SSSR count). The average molecular weight is 134 g/mol. The van der Waals surface area contributed by atoms with Gasteiger partial charge in [0.15, 0.2) is 0 Å². The zero-order valence-corrected chi connectivity index (χ0v) is 5.83. The smallest absolute Gasteiger partial charge is 0.0578 e. The summed E-state index contributed by atoms with van der Waals surface area (Å²) in [5.41, 5.74) is 1.02. The van der Waals surface area contributed by atoms with Crippen LogP contribution in [0.15, 0.2) is 43.0 Å². The van der Waals surface area contributed by atoms with E-state index in [1.807, 2.05) is 30.3 Å². The van der Waals surface area contributed by atoms with E-state index in [2.05, 4.69) is 11.9 Å². The lowest BCUT2D eigenvalue weighted by atomic mass is 10.5. The number of rotatable bonds is 3. The second-order valence-corrected chi connectivity index (χ2v) is 1.96. The molecule has 0 fully saturated rings. The van der Waals surface area contributed by atoms with Gasteiger partial charge in [-0.2, -0.15) is 0 Å². The number of hydrogen-bond donors (Lipinski definition) is 0. The Hall–Kier alpha value is -1.24. The number of para-hydroxylation sites is 1. The van der Waals surface area contributed by atoms with E-state index >= 15 is 0 Å². The Morgan fingerprint density at radius 1 is 1.30 bits per heavy atom. The van der Waals surface area contributed by atoms with Crippen molar-refractivity contribution in [2.75, 3.05) is 6.54 Å². The molecule has 0 unspecified atom stereocenters. The molecule has 0 heterocycles. The summed E-state index contributed by atoms with van der Waals surface area (Å²) in [6, 6.07) is 9.88. The molecule has 0 saturated carbocycles. The fourth-order valence-electron chi connectivity index (χ4n) is 0.703. The van der Waals surface area contributed by atoms with E-state index in [0.29, 0.717) is 6.54 Å². The Kier molecular flexibility index (Phi) is 2.56. The highest BCUT2D eigenvalue weighted by molar-refractivity contribution is 5.34. The van der Waals surface area contributed by atoms with Crippen molar-refractivity contribution in [2.24, 2.45) is 0 Å². The van der Waals surface area contributed by atoms with Crippen molar-refractivity contribution in [1.82, 2.24) is 5.32 Å². The highest BCUT2D eigenvalue weighted by atomic mass is 15.4. The highest BCUT2D eigenvalue weighted by Gasteiger charge is 1.85. The molecule has 0 bridgehead atoms. The van der Waals surface area contributed by atoms with E-state index in [9.17, 15) is 0 Å². The first-order valence-corrected chi connectivity index (χ1v) is 3.27. The molecular weight excluding hydrogens is 124 g/mol. The zero-order valence-electron chi connectivity index (χ0n) is 5.83. The number of benzene rings is 1. The van der Waals surface area contributed by atoms with E-state index in [4.69, 9.17) is 0 Å². The van der Waals surface area contributed by atoms with Crippen LogP contribution >= 0.6 is 0 Å². The first kappa shape index (κ1) is 6.87. The van der Waals surface area contributed by atoms with Crippen molar-refractivity contribution in [3.63, 3.8) is 0 Å². The Morgan fingerprint density at radius 2 is 2.00 bits per heavy atom. The highest BCUT2D eigenvalue weighted by Crippen LogP contribution is 2.03. The second kappa shape index (κ2) is 3.72. The summed E-state index contributed by atoms with van der Waals surface area (Å²) in [5.74, 6) is 0. The summed E-state index contributed by atoms with van der Waals surface area (Å²) in [6.07, 6.45) is 1.78. The van der Waals surface area contributed by atoms with E-state index < -0.39 is 0 Å². The van der Waals surface area contributed by atoms with E-state index in [0.717, 1.165) is 5.69 Å². The van der Waals surface area contributed by atoms with Crippen molar-refractivity contribution in [1.29, 1.82) is 0 Å². The quantitative estimate of drug-likeness (QED) is 0.562. The molecule has 0 aliphatic carbocycles. The minimum Gasteiger partial charge on any atom is -0.281 e. The van der Waals surface area contributed by atoms with Crippen molar-refractivity contribution in [3.05, 3.63) is 43.0 Å². The molecule has 0 N–H and O–H groups in total. The summed E-state index contributed by atoms with van der Waals surface area (Å²) < 4.78 is 0. The molecule has 1 heteroatoms. The summed E-state index contributed by atoms with van der Waals surface area (Å²) in [5, 5.41) is 4.21. The molecule has 0 amide bonds. The molecular formula is C9H10N. The van der Waals surface area contributed by atoms with Crippen molar-refractivity contribution in [2.45, 2.75) is 0 Å². The third-order valence-corrected chi connectivity index (χ3v) is 1.16. The van der Waals surface area contributed by atoms with Crippen molar-refractivity contribution >= 4 is 5.69 Å². The Bertz CT molecular complexity index is 191. The van der Waals surface area contributed by atoms with Gasteiger partial charge >= 0.3 is 0 Å². The van der Waals surface area contributed by atoms with Crippen LogP contribution < -0.4 is 5.32 Å². The fourth-order valence-corrected chi connectivity index (χ4v) is 0.703. The van der Waals surface area contributed by atoms with Gasteiger partial charge in [-0.25, -0.2) is 0 Å². The Balaban J connectivity index is 2.50. The van der Waals surface area contributed by atoms with Crippen LogP contribution in [0.2, 0.25) is 0 Å². The zero-order chi connectivity index (χ0) is 7.23. The van der Waals surface area contributed by atoms with Gasteiger partial charge in [0.25, 0.3) is 0 Å². The predicted octanol–water partition coefficient (Wildman–Crippen LogP) is 2.11. The van der Waals surface area contributed by atoms with E-state index in [1.54, 1.807) is 6.08 Å². The Morgan fingerprint density at radius 3 is 2.60 bits per heavy atom. The molecule has 0 aliphatic heterocycles. The van der Waals surface area contributed by atoms with Crippen LogP contribution in [0.1, 0.15) is 0 Å². The summed E-state index contributed by atoms with van der Waals surface area (Å²) >= 11 is 0. The summed E-state index contributed by atoms with van der Waals surface area (Å²) in [4.78, 5) is 0. The molecule has 51 valence electrons. The van der Waals surface area contributed by atoms with Crippen molar-refractivity contribution in [3.8, 4) is 0 Å². The van der Waals surface area contributed by atoms with Gasteiger partial charge in [-0.3, -0.25) is 5.32 Å². The second-order valence-electron chi connectivity index (χ2n) is 1.96. The molecule has 0 aromatic heterocycles. The maximum atomic E-state index is 4.21. The van der Waals surface area contributed by atoms with Crippen LogP contribution in [-0.2, 0) is 0 Å². The summed E-state index contributed by atoms with van der Waals surface area (Å²) in [7, 11) is 0. The maximum Gasteiger partial charge on any atom is 0.0578 e. The van der Waals surface area contributed by atoms with Gasteiger partial charge in [-0.05, 0) is 12.1 Å². The lowest BCUT2D eigenvalue weighted by Crippen LogP contribution is -1.94. The van der Waals surface area contributed by atoms with Crippen molar-refractivity contribution < 1.29 is 0 Å². The van der Waals surface area contributed by atoms with Gasteiger partial charge < -0.3 is 0 Å². The van der Waals surface area contributed by atoms with Gasteiger partial charge in [0.05, 0.1) is 12.2 Å². The van der Waals surface area contributed by atoms with Gasteiger partial charge in [0.1, 0.15) is 0 Å². The van der Waals surface area contributed by atoms with E-state index in [1.165, 1.54) is 0 Å². The van der Waals surface area contributed by atoms with Crippen LogP contribution in [0.5, 0.6) is 0 Å². The topological polar surface area (TPSA) is 14.1 Å². The minimum atomic E-state index is 0.698. The maximum absolute atomic E-state index is 4.21. The SMILES string of the molecule is C=CC[N][14c]1ccccc1. The lowest BCUT2D eigenvalue weighted by Gasteiger charge is -1.96. The van der Waals surface area contributed by atoms with Gasteiger partial charge in [-0.1, -0.05) is 24.3 Å². The molecule has 0 aliphatic rings. The lowest BCUT2D eigenvalue weighted by molar-refractivity contribution is 0.979. The van der Waals surface area contributed by atoms with E-state index in [-0.39, 0.29) is 0 Å². The molecule has 0 atom stereocenters. The van der Waals surface area contributed by atoms with Crippen LogP contribution in [0.25, 0.3) is 0 Å². The largest absolute Gasteiger partial charge is 0.281 e. The third-order valence-electron chi connectivity index (χ3n) is 1.16. The van der Waals surface area contributed by atoms with Crippen LogP contribution in [-0.4, -0.2) is 6.54 Å². The number of hydrogen-bond acceptors (Lipinski definition) is 0. The first-order chi connectivity index (χ1) is 4.93. The third kappa shape index (κ3) is 1.94. The molecule has 0 spiro atoms. The standard InChI is InChI=1S/C9H10N/c1-2-8-10-9-6-4-3-5-7-9/h2-7H,1,8H2/i9+2. The van der Waals surface area contributed by atoms with Gasteiger partial charge in [0, 0.05) is 0 Å². The molecule has 1 nitrogen and oxygen atoms in total. The molecule has 1 aromatic rings. The van der Waals surface area contributed by atoms with Gasteiger partial charge in [-0.15, -0.1) is 6.58 Å². The number of nitrogens with zero attached hydrogens (tertiary/aromatic N) is 1. The molecule has 1 radical (unpaired) electrons. The summed E-state index contributed by atoms with van der Waals surface area (Å²) in [6.45, 7) is 4.28. The van der Waals surface area contributed by atoms with Gasteiger partial charge in [0.2, 0.25) is 0 Å². The average Bonchev–Trinajstić information content (AvgIpc) is 2.03. The molecule has 10 heavy (non-hydrogen) atoms.